The van der Waals surface area contributed by atoms with Crippen molar-refractivity contribution in [2.24, 2.45) is 0 Å². The monoisotopic (exact) mass is 740 g/mol. The maximum atomic E-state index is 11.1. The van der Waals surface area contributed by atoms with Gasteiger partial charge in [0, 0.05) is 23.3 Å². The number of carbonyl (C=O) groups excluding carboxylic acids is 2. The molecular weight excluding hydrogens is 696 g/mol. The molecule has 2 aromatic heterocycles. The number of hydrogen-bond acceptors (Lipinski definition) is 14. The molecule has 5 rings (SSSR count). The van der Waals surface area contributed by atoms with Crippen LogP contribution in [-0.2, 0) is 51.2 Å². The summed E-state index contributed by atoms with van der Waals surface area (Å²) in [6.07, 6.45) is 10.3. The van der Waals surface area contributed by atoms with E-state index >= 15 is 0 Å². The molecule has 1 aliphatic heterocycles. The first-order chi connectivity index (χ1) is 26.5. The summed E-state index contributed by atoms with van der Waals surface area (Å²) in [4.78, 5) is 39.8. The van der Waals surface area contributed by atoms with E-state index in [0.717, 1.165) is 47.2 Å². The molecule has 0 spiro atoms. The number of nitrogens with zero attached hydrogens (tertiary/aromatic N) is 4. The van der Waals surface area contributed by atoms with Crippen molar-refractivity contribution in [3.05, 3.63) is 110 Å². The Labute approximate surface area is 314 Å². The maximum absolute atomic E-state index is 11.1. The molecule has 14 heteroatoms. The molecule has 2 atom stereocenters. The van der Waals surface area contributed by atoms with Gasteiger partial charge in [0.25, 0.3) is 0 Å². The quantitative estimate of drug-likeness (QED) is 0.0540. The van der Waals surface area contributed by atoms with Gasteiger partial charge in [0.1, 0.15) is 0 Å². The van der Waals surface area contributed by atoms with E-state index in [2.05, 4.69) is 33.1 Å². The lowest BCUT2D eigenvalue weighted by molar-refractivity contribution is -0.326. The van der Waals surface area contributed by atoms with Gasteiger partial charge in [-0.3, -0.25) is 0 Å². The minimum absolute atomic E-state index is 0.292. The minimum Gasteiger partial charge on any atom is -0.490 e. The molecule has 0 aliphatic carbocycles. The summed E-state index contributed by atoms with van der Waals surface area (Å²) in [5, 5.41) is 0. The first-order valence-electron chi connectivity index (χ1n) is 17.6. The highest BCUT2D eigenvalue weighted by molar-refractivity contribution is 5.81. The van der Waals surface area contributed by atoms with Gasteiger partial charge in [-0.05, 0) is 36.8 Å². The second kappa shape index (κ2) is 21.9. The van der Waals surface area contributed by atoms with Gasteiger partial charge in [0.15, 0.2) is 23.1 Å². The fourth-order valence-corrected chi connectivity index (χ4v) is 4.93. The predicted molar refractivity (Wildman–Crippen MR) is 196 cm³/mol. The fourth-order valence-electron chi connectivity index (χ4n) is 4.93. The van der Waals surface area contributed by atoms with E-state index in [1.807, 2.05) is 48.5 Å². The van der Waals surface area contributed by atoms with Crippen LogP contribution < -0.4 is 9.47 Å². The molecule has 1 aliphatic rings. The summed E-state index contributed by atoms with van der Waals surface area (Å²) in [6, 6.07) is 15.5. The van der Waals surface area contributed by atoms with E-state index in [1.165, 1.54) is 0 Å². The van der Waals surface area contributed by atoms with E-state index in [-0.39, 0.29) is 0 Å². The van der Waals surface area contributed by atoms with Gasteiger partial charge in [-0.15, -0.1) is 0 Å². The van der Waals surface area contributed by atoms with Gasteiger partial charge in [0.2, 0.25) is 12.6 Å². The standard InChI is InChI=1S/C40H44N4O10/c1-3-35(45)49-19-7-5-17-47-33-23-41-37(42-24-33)31-13-9-29(10-14-31)27-53-39-40(52-22-21-51-39)54-28-30-11-15-32(16-12-30)38-43-25-34(26-44-38)48-18-6-8-20-50-36(46)4-2/h3-4,9-16,23-26,39-40H,1-2,5-8,17-22,27-28H2/t39-,40-/m0/s1. The molecule has 1 fully saturated rings. The first kappa shape index (κ1) is 39.7. The van der Waals surface area contributed by atoms with E-state index < -0.39 is 24.5 Å². The van der Waals surface area contributed by atoms with Crippen LogP contribution in [0.1, 0.15) is 36.8 Å². The molecule has 54 heavy (non-hydrogen) atoms. The molecule has 0 unspecified atom stereocenters. The smallest absolute Gasteiger partial charge is 0.330 e. The SMILES string of the molecule is C=CC(=O)OCCCCOc1cnc(-c2ccc(CO[C@@H]3OCCO[C@H]3OCc3ccc(-c4ncc(OCCCCOC(=O)C=C)cn4)cc3)cc2)nc1. The van der Waals surface area contributed by atoms with Crippen molar-refractivity contribution in [1.29, 1.82) is 0 Å². The summed E-state index contributed by atoms with van der Waals surface area (Å²) >= 11 is 0. The van der Waals surface area contributed by atoms with E-state index in [9.17, 15) is 9.59 Å². The molecule has 0 N–H and O–H groups in total. The first-order valence-corrected chi connectivity index (χ1v) is 17.6. The summed E-state index contributed by atoms with van der Waals surface area (Å²) in [7, 11) is 0. The summed E-state index contributed by atoms with van der Waals surface area (Å²) in [5.41, 5.74) is 3.58. The molecule has 1 saturated heterocycles. The lowest BCUT2D eigenvalue weighted by Crippen LogP contribution is -2.41. The topological polar surface area (TPSA) is 160 Å². The van der Waals surface area contributed by atoms with Gasteiger partial charge in [-0.25, -0.2) is 29.5 Å². The molecule has 0 amide bonds. The molecule has 4 aromatic rings. The Kier molecular flexibility index (Phi) is 16.1. The van der Waals surface area contributed by atoms with Gasteiger partial charge < -0.3 is 37.9 Å². The largest absolute Gasteiger partial charge is 0.490 e. The molecule has 2 aromatic carbocycles. The zero-order valence-electron chi connectivity index (χ0n) is 30.0. The second-order valence-corrected chi connectivity index (χ2v) is 11.8. The Morgan fingerprint density at radius 1 is 0.593 bits per heavy atom. The van der Waals surface area contributed by atoms with Crippen LogP contribution in [0.4, 0.5) is 0 Å². The molecule has 3 heterocycles. The molecule has 284 valence electrons. The Balaban J connectivity index is 1.01. The van der Waals surface area contributed by atoms with Crippen molar-refractivity contribution in [2.75, 3.05) is 39.6 Å². The van der Waals surface area contributed by atoms with Crippen LogP contribution in [0.5, 0.6) is 11.5 Å². The van der Waals surface area contributed by atoms with Crippen molar-refractivity contribution in [1.82, 2.24) is 19.9 Å². The van der Waals surface area contributed by atoms with Crippen LogP contribution in [0.25, 0.3) is 22.8 Å². The Morgan fingerprint density at radius 2 is 0.963 bits per heavy atom. The van der Waals surface area contributed by atoms with Crippen LogP contribution in [-0.4, -0.2) is 84.1 Å². The number of benzene rings is 2. The average molecular weight is 741 g/mol. The number of hydrogen-bond donors (Lipinski definition) is 0. The third-order valence-corrected chi connectivity index (χ3v) is 7.82. The average Bonchev–Trinajstić information content (AvgIpc) is 3.22. The molecule has 0 bridgehead atoms. The Morgan fingerprint density at radius 3 is 1.33 bits per heavy atom. The Hall–Kier alpha value is -5.54. The lowest BCUT2D eigenvalue weighted by Gasteiger charge is -2.31. The van der Waals surface area contributed by atoms with Crippen LogP contribution >= 0.6 is 0 Å². The van der Waals surface area contributed by atoms with Crippen molar-refractivity contribution >= 4 is 11.9 Å². The van der Waals surface area contributed by atoms with Crippen molar-refractivity contribution in [3.63, 3.8) is 0 Å². The van der Waals surface area contributed by atoms with Gasteiger partial charge in [0.05, 0.1) is 77.6 Å². The second-order valence-electron chi connectivity index (χ2n) is 11.8. The number of rotatable bonds is 22. The van der Waals surface area contributed by atoms with E-state index in [4.69, 9.17) is 37.9 Å². The molecule has 14 nitrogen and oxygen atoms in total. The number of esters is 2. The molecule has 0 saturated carbocycles. The maximum Gasteiger partial charge on any atom is 0.330 e. The Bertz CT molecular complexity index is 1620. The predicted octanol–water partition coefficient (Wildman–Crippen LogP) is 5.81. The highest BCUT2D eigenvalue weighted by Crippen LogP contribution is 2.22. The highest BCUT2D eigenvalue weighted by Gasteiger charge is 2.29. The van der Waals surface area contributed by atoms with Crippen LogP contribution in [0.15, 0.2) is 98.6 Å². The van der Waals surface area contributed by atoms with E-state index in [1.54, 1.807) is 24.8 Å². The van der Waals surface area contributed by atoms with Crippen molar-refractivity contribution < 1.29 is 47.5 Å². The number of ether oxygens (including phenoxy) is 8. The molecular formula is C40H44N4O10. The lowest BCUT2D eigenvalue weighted by atomic mass is 10.1. The van der Waals surface area contributed by atoms with Gasteiger partial charge >= 0.3 is 11.9 Å². The highest BCUT2D eigenvalue weighted by atomic mass is 16.8. The van der Waals surface area contributed by atoms with Crippen molar-refractivity contribution in [2.45, 2.75) is 51.5 Å². The summed E-state index contributed by atoms with van der Waals surface area (Å²) in [6.45, 7) is 9.70. The summed E-state index contributed by atoms with van der Waals surface area (Å²) in [5.74, 6) is 1.42. The molecule has 0 radical (unpaired) electrons. The fraction of sp³-hybridized carbons (Fsp3) is 0.350. The van der Waals surface area contributed by atoms with Crippen LogP contribution in [0.2, 0.25) is 0 Å². The zero-order chi connectivity index (χ0) is 37.8. The van der Waals surface area contributed by atoms with Crippen LogP contribution in [0.3, 0.4) is 0 Å². The van der Waals surface area contributed by atoms with Gasteiger partial charge in [-0.2, -0.15) is 0 Å². The van der Waals surface area contributed by atoms with Crippen LogP contribution in [0, 0.1) is 0 Å². The third-order valence-electron chi connectivity index (χ3n) is 7.82. The third kappa shape index (κ3) is 13.1. The zero-order valence-corrected chi connectivity index (χ0v) is 30.0. The van der Waals surface area contributed by atoms with Gasteiger partial charge in [-0.1, -0.05) is 61.7 Å². The number of aromatic nitrogens is 4. The summed E-state index contributed by atoms with van der Waals surface area (Å²) < 4.78 is 45.0. The number of carbonyl (C=O) groups is 2. The van der Waals surface area contributed by atoms with E-state index in [0.29, 0.717) is 88.8 Å². The van der Waals surface area contributed by atoms with Crippen molar-refractivity contribution in [3.8, 4) is 34.3 Å². The minimum atomic E-state index is -0.695. The number of unbranched alkanes of at least 4 members (excludes halogenated alkanes) is 2. The normalized spacial score (nSPS) is 15.2.